The standard InChI is InChI=1S/C17H15NO4/c1-12(19)18-11-16(20)13-7-9-15(10-8-13)22-17(21)14-5-3-2-4-6-14/h2-10H,11H2,1H3,(H,18,19). The number of esters is 1. The van der Waals surface area contributed by atoms with E-state index < -0.39 is 5.97 Å². The van der Waals surface area contributed by atoms with Crippen molar-refractivity contribution in [1.29, 1.82) is 0 Å². The molecule has 22 heavy (non-hydrogen) atoms. The first kappa shape index (κ1) is 15.4. The number of hydrogen-bond acceptors (Lipinski definition) is 4. The fourth-order valence-corrected chi connectivity index (χ4v) is 1.76. The van der Waals surface area contributed by atoms with Gasteiger partial charge in [-0.25, -0.2) is 4.79 Å². The third-order valence-corrected chi connectivity index (χ3v) is 2.89. The lowest BCUT2D eigenvalue weighted by atomic mass is 10.1. The lowest BCUT2D eigenvalue weighted by molar-refractivity contribution is -0.118. The zero-order chi connectivity index (χ0) is 15.9. The monoisotopic (exact) mass is 297 g/mol. The molecule has 5 heteroatoms. The van der Waals surface area contributed by atoms with Gasteiger partial charge in [0.05, 0.1) is 12.1 Å². The molecule has 0 radical (unpaired) electrons. The second-order valence-corrected chi connectivity index (χ2v) is 4.61. The Morgan fingerprint density at radius 1 is 0.909 bits per heavy atom. The van der Waals surface area contributed by atoms with Crippen molar-refractivity contribution in [2.75, 3.05) is 6.54 Å². The second kappa shape index (κ2) is 7.17. The van der Waals surface area contributed by atoms with Crippen LogP contribution in [0.25, 0.3) is 0 Å². The molecule has 0 unspecified atom stereocenters. The Morgan fingerprint density at radius 3 is 2.14 bits per heavy atom. The first-order valence-electron chi connectivity index (χ1n) is 6.71. The average Bonchev–Trinajstić information content (AvgIpc) is 2.54. The van der Waals surface area contributed by atoms with Crippen LogP contribution in [0.3, 0.4) is 0 Å². The Morgan fingerprint density at radius 2 is 1.55 bits per heavy atom. The summed E-state index contributed by atoms with van der Waals surface area (Å²) in [4.78, 5) is 34.4. The molecule has 2 aromatic rings. The topological polar surface area (TPSA) is 72.5 Å². The van der Waals surface area contributed by atoms with Gasteiger partial charge in [-0.3, -0.25) is 9.59 Å². The second-order valence-electron chi connectivity index (χ2n) is 4.61. The number of hydrogen-bond donors (Lipinski definition) is 1. The van der Waals surface area contributed by atoms with Crippen LogP contribution in [0.4, 0.5) is 0 Å². The molecule has 1 N–H and O–H groups in total. The van der Waals surface area contributed by atoms with Crippen molar-refractivity contribution >= 4 is 17.7 Å². The van der Waals surface area contributed by atoms with Crippen molar-refractivity contribution < 1.29 is 19.1 Å². The van der Waals surface area contributed by atoms with E-state index in [0.717, 1.165) is 0 Å². The van der Waals surface area contributed by atoms with E-state index in [-0.39, 0.29) is 18.2 Å². The average molecular weight is 297 g/mol. The van der Waals surface area contributed by atoms with Gasteiger partial charge in [-0.15, -0.1) is 0 Å². The minimum absolute atomic E-state index is 0.0571. The Balaban J connectivity index is 1.98. The molecule has 1 amide bonds. The van der Waals surface area contributed by atoms with E-state index in [1.807, 2.05) is 6.07 Å². The maximum Gasteiger partial charge on any atom is 0.343 e. The maximum atomic E-state index is 11.9. The Bertz CT molecular complexity index is 678. The van der Waals surface area contributed by atoms with Gasteiger partial charge in [-0.2, -0.15) is 0 Å². The molecule has 0 spiro atoms. The van der Waals surface area contributed by atoms with Crippen molar-refractivity contribution in [1.82, 2.24) is 5.32 Å². The van der Waals surface area contributed by atoms with Gasteiger partial charge in [0.2, 0.25) is 5.91 Å². The van der Waals surface area contributed by atoms with E-state index in [1.54, 1.807) is 48.5 Å². The molecule has 0 saturated carbocycles. The van der Waals surface area contributed by atoms with Crippen LogP contribution in [-0.4, -0.2) is 24.2 Å². The minimum atomic E-state index is -0.460. The highest BCUT2D eigenvalue weighted by atomic mass is 16.5. The van der Waals surface area contributed by atoms with Crippen molar-refractivity contribution in [2.45, 2.75) is 6.92 Å². The van der Waals surface area contributed by atoms with Gasteiger partial charge in [0.1, 0.15) is 5.75 Å². The van der Waals surface area contributed by atoms with Crippen LogP contribution in [-0.2, 0) is 4.79 Å². The zero-order valence-electron chi connectivity index (χ0n) is 12.0. The van der Waals surface area contributed by atoms with Crippen LogP contribution >= 0.6 is 0 Å². The van der Waals surface area contributed by atoms with E-state index in [9.17, 15) is 14.4 Å². The normalized spacial score (nSPS) is 9.86. The molecule has 0 aliphatic heterocycles. The molecule has 0 heterocycles. The number of ketones is 1. The van der Waals surface area contributed by atoms with Crippen LogP contribution in [0.1, 0.15) is 27.6 Å². The molecule has 0 atom stereocenters. The smallest absolute Gasteiger partial charge is 0.343 e. The number of amides is 1. The summed E-state index contributed by atoms with van der Waals surface area (Å²) < 4.78 is 5.21. The van der Waals surface area contributed by atoms with Crippen molar-refractivity contribution in [2.24, 2.45) is 0 Å². The third kappa shape index (κ3) is 4.28. The van der Waals surface area contributed by atoms with Gasteiger partial charge in [0.25, 0.3) is 0 Å². The van der Waals surface area contributed by atoms with Gasteiger partial charge >= 0.3 is 5.97 Å². The van der Waals surface area contributed by atoms with E-state index in [1.165, 1.54) is 6.92 Å². The van der Waals surface area contributed by atoms with Gasteiger partial charge in [-0.1, -0.05) is 18.2 Å². The quantitative estimate of drug-likeness (QED) is 0.522. The van der Waals surface area contributed by atoms with Gasteiger partial charge in [0.15, 0.2) is 5.78 Å². The largest absolute Gasteiger partial charge is 0.423 e. The summed E-state index contributed by atoms with van der Waals surface area (Å²) in [5, 5.41) is 2.44. The first-order valence-corrected chi connectivity index (χ1v) is 6.71. The first-order chi connectivity index (χ1) is 10.6. The summed E-state index contributed by atoms with van der Waals surface area (Å²) >= 11 is 0. The predicted octanol–water partition coefficient (Wildman–Crippen LogP) is 2.22. The fourth-order valence-electron chi connectivity index (χ4n) is 1.76. The highest BCUT2D eigenvalue weighted by molar-refractivity contribution is 5.99. The van der Waals surface area contributed by atoms with Crippen molar-refractivity contribution in [3.8, 4) is 5.75 Å². The summed E-state index contributed by atoms with van der Waals surface area (Å²) in [5.41, 5.74) is 0.890. The Hall–Kier alpha value is -2.95. The molecule has 0 aliphatic rings. The summed E-state index contributed by atoms with van der Waals surface area (Å²) in [6, 6.07) is 14.8. The molecule has 0 fully saturated rings. The van der Waals surface area contributed by atoms with Crippen LogP contribution in [0.5, 0.6) is 5.75 Å². The molecule has 112 valence electrons. The van der Waals surface area contributed by atoms with Gasteiger partial charge < -0.3 is 10.1 Å². The molecular formula is C17H15NO4. The summed E-state index contributed by atoms with van der Waals surface area (Å²) in [6.45, 7) is 1.29. The summed E-state index contributed by atoms with van der Waals surface area (Å²) in [7, 11) is 0. The van der Waals surface area contributed by atoms with Gasteiger partial charge in [-0.05, 0) is 36.4 Å². The fraction of sp³-hybridized carbons (Fsp3) is 0.118. The number of Topliss-reactive ketones (excluding diaryl/α,β-unsaturated/α-hetero) is 1. The summed E-state index contributed by atoms with van der Waals surface area (Å²) in [5.74, 6) is -0.583. The lowest BCUT2D eigenvalue weighted by Gasteiger charge is -2.06. The van der Waals surface area contributed by atoms with Crippen LogP contribution in [0, 0.1) is 0 Å². The molecular weight excluding hydrogens is 282 g/mol. The van der Waals surface area contributed by atoms with Crippen LogP contribution in [0.2, 0.25) is 0 Å². The zero-order valence-corrected chi connectivity index (χ0v) is 12.0. The Labute approximate surface area is 127 Å². The van der Waals surface area contributed by atoms with E-state index >= 15 is 0 Å². The van der Waals surface area contributed by atoms with E-state index in [0.29, 0.717) is 16.9 Å². The number of carbonyl (C=O) groups is 3. The lowest BCUT2D eigenvalue weighted by Crippen LogP contribution is -2.27. The number of benzene rings is 2. The van der Waals surface area contributed by atoms with Crippen LogP contribution < -0.4 is 10.1 Å². The molecule has 0 aromatic heterocycles. The molecule has 0 bridgehead atoms. The highest BCUT2D eigenvalue weighted by Crippen LogP contribution is 2.14. The molecule has 2 rings (SSSR count). The maximum absolute atomic E-state index is 11.9. The predicted molar refractivity (Wildman–Crippen MR) is 80.9 cm³/mol. The number of ether oxygens (including phenoxy) is 1. The Kier molecular flexibility index (Phi) is 5.03. The molecule has 5 nitrogen and oxygen atoms in total. The minimum Gasteiger partial charge on any atom is -0.423 e. The molecule has 2 aromatic carbocycles. The van der Waals surface area contributed by atoms with E-state index in [2.05, 4.69) is 5.32 Å². The third-order valence-electron chi connectivity index (χ3n) is 2.89. The summed E-state index contributed by atoms with van der Waals surface area (Å²) in [6.07, 6.45) is 0. The van der Waals surface area contributed by atoms with E-state index in [4.69, 9.17) is 4.74 Å². The van der Waals surface area contributed by atoms with Crippen molar-refractivity contribution in [3.05, 3.63) is 65.7 Å². The number of rotatable bonds is 5. The highest BCUT2D eigenvalue weighted by Gasteiger charge is 2.10. The molecule has 0 aliphatic carbocycles. The van der Waals surface area contributed by atoms with Crippen LogP contribution in [0.15, 0.2) is 54.6 Å². The molecule has 0 saturated heterocycles. The van der Waals surface area contributed by atoms with Gasteiger partial charge in [0, 0.05) is 12.5 Å². The number of nitrogens with one attached hydrogen (secondary N) is 1. The van der Waals surface area contributed by atoms with Crippen molar-refractivity contribution in [3.63, 3.8) is 0 Å². The SMILES string of the molecule is CC(=O)NCC(=O)c1ccc(OC(=O)c2ccccc2)cc1. The number of carbonyl (C=O) groups excluding carboxylic acids is 3.